The lowest BCUT2D eigenvalue weighted by molar-refractivity contribution is 0.260. The molecule has 0 radical (unpaired) electrons. The van der Waals surface area contributed by atoms with Gasteiger partial charge in [0.05, 0.1) is 6.61 Å². The van der Waals surface area contributed by atoms with Gasteiger partial charge in [0.15, 0.2) is 0 Å². The van der Waals surface area contributed by atoms with E-state index < -0.39 is 10.2 Å². The molecule has 12 heavy (non-hydrogen) atoms. The average Bonchev–Trinajstić information content (AvgIpc) is 2.28. The van der Waals surface area contributed by atoms with Gasteiger partial charge in [0.2, 0.25) is 0 Å². The highest BCUT2D eigenvalue weighted by Crippen LogP contribution is 2.14. The van der Waals surface area contributed by atoms with Crippen molar-refractivity contribution < 1.29 is 13.5 Å². The van der Waals surface area contributed by atoms with E-state index in [4.69, 9.17) is 5.11 Å². The molecule has 72 valence electrons. The molecule has 6 heteroatoms. The highest BCUT2D eigenvalue weighted by Gasteiger charge is 2.34. The summed E-state index contributed by atoms with van der Waals surface area (Å²) in [6.45, 7) is 3.44. The van der Waals surface area contributed by atoms with Crippen LogP contribution < -0.4 is 0 Å². The standard InChI is InChI=1S/C6H14N2O3S/c1-2-7-3-4-8(5-6-9)12(7,10)11/h9H,2-6H2,1H3. The van der Waals surface area contributed by atoms with Crippen molar-refractivity contribution >= 4 is 10.2 Å². The van der Waals surface area contributed by atoms with Crippen LogP contribution in [-0.4, -0.2) is 54.9 Å². The maximum Gasteiger partial charge on any atom is 0.282 e. The van der Waals surface area contributed by atoms with Crippen molar-refractivity contribution in [2.24, 2.45) is 0 Å². The molecule has 1 aliphatic heterocycles. The lowest BCUT2D eigenvalue weighted by Gasteiger charge is -2.15. The SMILES string of the molecule is CCN1CCN(CCO)S1(=O)=O. The molecule has 1 heterocycles. The Morgan fingerprint density at radius 3 is 2.33 bits per heavy atom. The Labute approximate surface area is 72.8 Å². The zero-order chi connectivity index (χ0) is 9.19. The number of likely N-dealkylation sites (N-methyl/N-ethyl adjacent to an activating group) is 1. The maximum absolute atomic E-state index is 11.5. The monoisotopic (exact) mass is 194 g/mol. The van der Waals surface area contributed by atoms with Crippen LogP contribution in [0, 0.1) is 0 Å². The first-order valence-corrected chi connectivity index (χ1v) is 5.38. The number of nitrogens with zero attached hydrogens (tertiary/aromatic N) is 2. The van der Waals surface area contributed by atoms with Gasteiger partial charge >= 0.3 is 0 Å². The van der Waals surface area contributed by atoms with E-state index in [1.165, 1.54) is 8.61 Å². The minimum absolute atomic E-state index is 0.114. The molecule has 0 bridgehead atoms. The normalized spacial score (nSPS) is 24.8. The second-order valence-corrected chi connectivity index (χ2v) is 4.55. The van der Waals surface area contributed by atoms with E-state index in [2.05, 4.69) is 0 Å². The fraction of sp³-hybridized carbons (Fsp3) is 1.00. The molecule has 0 atom stereocenters. The molecule has 0 amide bonds. The summed E-state index contributed by atoms with van der Waals surface area (Å²) < 4.78 is 25.6. The first kappa shape index (κ1) is 9.91. The summed E-state index contributed by atoms with van der Waals surface area (Å²) in [5, 5.41) is 8.59. The number of aliphatic hydroxyl groups excluding tert-OH is 1. The molecule has 1 aliphatic rings. The smallest absolute Gasteiger partial charge is 0.282 e. The Kier molecular flexibility index (Phi) is 3.05. The fourth-order valence-corrected chi connectivity index (χ4v) is 2.87. The van der Waals surface area contributed by atoms with E-state index in [1.807, 2.05) is 0 Å². The van der Waals surface area contributed by atoms with E-state index in [9.17, 15) is 8.42 Å². The van der Waals surface area contributed by atoms with Crippen LogP contribution in [-0.2, 0) is 10.2 Å². The quantitative estimate of drug-likeness (QED) is 0.618. The largest absolute Gasteiger partial charge is 0.395 e. The van der Waals surface area contributed by atoms with Crippen molar-refractivity contribution in [1.82, 2.24) is 8.61 Å². The van der Waals surface area contributed by atoms with Gasteiger partial charge in [-0.2, -0.15) is 17.0 Å². The summed E-state index contributed by atoms with van der Waals surface area (Å²) in [4.78, 5) is 0. The van der Waals surface area contributed by atoms with Crippen molar-refractivity contribution in [1.29, 1.82) is 0 Å². The second kappa shape index (κ2) is 3.69. The highest BCUT2D eigenvalue weighted by atomic mass is 32.2. The first-order chi connectivity index (χ1) is 5.62. The van der Waals surface area contributed by atoms with Gasteiger partial charge in [-0.15, -0.1) is 0 Å². The van der Waals surface area contributed by atoms with Crippen LogP contribution in [0.1, 0.15) is 6.92 Å². The zero-order valence-electron chi connectivity index (χ0n) is 7.10. The van der Waals surface area contributed by atoms with Crippen molar-refractivity contribution in [2.45, 2.75) is 6.92 Å². The van der Waals surface area contributed by atoms with Gasteiger partial charge < -0.3 is 5.11 Å². The lowest BCUT2D eigenvalue weighted by atomic mass is 10.5. The molecule has 0 aromatic carbocycles. The van der Waals surface area contributed by atoms with E-state index in [0.29, 0.717) is 19.6 Å². The molecule has 0 saturated carbocycles. The third-order valence-electron chi connectivity index (χ3n) is 1.95. The third kappa shape index (κ3) is 1.61. The third-order valence-corrected chi connectivity index (χ3v) is 4.06. The predicted octanol–water partition coefficient (Wildman–Crippen LogP) is -1.14. The molecule has 0 unspecified atom stereocenters. The highest BCUT2D eigenvalue weighted by molar-refractivity contribution is 7.87. The van der Waals surface area contributed by atoms with Gasteiger partial charge in [-0.1, -0.05) is 6.92 Å². The molecule has 1 fully saturated rings. The van der Waals surface area contributed by atoms with Gasteiger partial charge in [0.25, 0.3) is 10.2 Å². The number of hydrogen-bond acceptors (Lipinski definition) is 3. The van der Waals surface area contributed by atoms with E-state index in [0.717, 1.165) is 0 Å². The van der Waals surface area contributed by atoms with E-state index >= 15 is 0 Å². The summed E-state index contributed by atoms with van der Waals surface area (Å²) >= 11 is 0. The summed E-state index contributed by atoms with van der Waals surface area (Å²) in [7, 11) is -3.23. The van der Waals surface area contributed by atoms with Crippen LogP contribution in [0.3, 0.4) is 0 Å². The minimum Gasteiger partial charge on any atom is -0.395 e. The number of hydrogen-bond donors (Lipinski definition) is 1. The molecule has 0 aromatic heterocycles. The minimum atomic E-state index is -3.23. The molecule has 1 saturated heterocycles. The Morgan fingerprint density at radius 2 is 1.92 bits per heavy atom. The van der Waals surface area contributed by atoms with Crippen LogP contribution in [0.4, 0.5) is 0 Å². The number of rotatable bonds is 3. The maximum atomic E-state index is 11.5. The summed E-state index contributed by atoms with van der Waals surface area (Å²) in [6.07, 6.45) is 0. The Hall–Kier alpha value is -0.170. The summed E-state index contributed by atoms with van der Waals surface area (Å²) in [5.41, 5.74) is 0. The number of β-amino-alcohol motifs (C(OH)–C–C–N with tert-alkyl or cyclic N) is 1. The van der Waals surface area contributed by atoms with Gasteiger partial charge in [-0.05, 0) is 0 Å². The van der Waals surface area contributed by atoms with Gasteiger partial charge in [-0.25, -0.2) is 0 Å². The van der Waals surface area contributed by atoms with Crippen molar-refractivity contribution in [3.05, 3.63) is 0 Å². The summed E-state index contributed by atoms with van der Waals surface area (Å²) in [5.74, 6) is 0. The molecule has 0 aliphatic carbocycles. The molecular weight excluding hydrogens is 180 g/mol. The van der Waals surface area contributed by atoms with E-state index in [1.54, 1.807) is 6.92 Å². The Balaban J connectivity index is 2.71. The van der Waals surface area contributed by atoms with Crippen molar-refractivity contribution in [3.8, 4) is 0 Å². The Bertz CT molecular complexity index is 239. The molecule has 0 aromatic rings. The fourth-order valence-electron chi connectivity index (χ4n) is 1.28. The van der Waals surface area contributed by atoms with Crippen molar-refractivity contribution in [3.63, 3.8) is 0 Å². The van der Waals surface area contributed by atoms with Crippen LogP contribution >= 0.6 is 0 Å². The topological polar surface area (TPSA) is 60.9 Å². The molecule has 5 nitrogen and oxygen atoms in total. The van der Waals surface area contributed by atoms with Crippen LogP contribution in [0.5, 0.6) is 0 Å². The Morgan fingerprint density at radius 1 is 1.33 bits per heavy atom. The molecular formula is C6H14N2O3S. The van der Waals surface area contributed by atoms with Crippen LogP contribution in [0.25, 0.3) is 0 Å². The zero-order valence-corrected chi connectivity index (χ0v) is 7.92. The second-order valence-electron chi connectivity index (χ2n) is 2.62. The van der Waals surface area contributed by atoms with Gasteiger partial charge in [-0.3, -0.25) is 0 Å². The lowest BCUT2D eigenvalue weighted by Crippen LogP contribution is -2.34. The first-order valence-electron chi connectivity index (χ1n) is 3.99. The van der Waals surface area contributed by atoms with Gasteiger partial charge in [0.1, 0.15) is 0 Å². The number of aliphatic hydroxyl groups is 1. The van der Waals surface area contributed by atoms with Crippen molar-refractivity contribution in [2.75, 3.05) is 32.8 Å². The average molecular weight is 194 g/mol. The van der Waals surface area contributed by atoms with E-state index in [-0.39, 0.29) is 13.2 Å². The predicted molar refractivity (Wildman–Crippen MR) is 44.8 cm³/mol. The molecule has 1 rings (SSSR count). The summed E-state index contributed by atoms with van der Waals surface area (Å²) in [6, 6.07) is 0. The van der Waals surface area contributed by atoms with Crippen LogP contribution in [0.2, 0.25) is 0 Å². The van der Waals surface area contributed by atoms with Crippen LogP contribution in [0.15, 0.2) is 0 Å². The molecule has 0 spiro atoms. The van der Waals surface area contributed by atoms with Gasteiger partial charge in [0, 0.05) is 26.2 Å². The molecule has 1 N–H and O–H groups in total.